The van der Waals surface area contributed by atoms with Crippen LogP contribution in [0.5, 0.6) is 0 Å². The molecule has 0 spiro atoms. The molecular formula is C19H37NO5. The SMILES string of the molecule is CCCCCCCCCCCC(C)(C(=O)O)C(=O)N(CCO)CCO. The van der Waals surface area contributed by atoms with Gasteiger partial charge in [0, 0.05) is 13.1 Å². The van der Waals surface area contributed by atoms with Gasteiger partial charge in [-0.2, -0.15) is 0 Å². The van der Waals surface area contributed by atoms with Gasteiger partial charge in [0.1, 0.15) is 5.41 Å². The van der Waals surface area contributed by atoms with Crippen LogP contribution < -0.4 is 0 Å². The molecule has 0 bridgehead atoms. The first-order valence-electron chi connectivity index (χ1n) is 9.68. The summed E-state index contributed by atoms with van der Waals surface area (Å²) in [6.07, 6.45) is 10.4. The molecule has 6 heteroatoms. The van der Waals surface area contributed by atoms with Crippen LogP contribution in [0.4, 0.5) is 0 Å². The molecule has 25 heavy (non-hydrogen) atoms. The third kappa shape index (κ3) is 9.21. The van der Waals surface area contributed by atoms with Gasteiger partial charge in [-0.25, -0.2) is 0 Å². The highest BCUT2D eigenvalue weighted by atomic mass is 16.4. The molecule has 0 saturated heterocycles. The van der Waals surface area contributed by atoms with Gasteiger partial charge in [0.05, 0.1) is 13.2 Å². The smallest absolute Gasteiger partial charge is 0.318 e. The van der Waals surface area contributed by atoms with Gasteiger partial charge in [-0.1, -0.05) is 64.7 Å². The van der Waals surface area contributed by atoms with Crippen molar-refractivity contribution in [1.82, 2.24) is 4.90 Å². The van der Waals surface area contributed by atoms with E-state index in [1.54, 1.807) is 0 Å². The number of rotatable bonds is 16. The van der Waals surface area contributed by atoms with E-state index in [0.717, 1.165) is 19.3 Å². The summed E-state index contributed by atoms with van der Waals surface area (Å²) in [6.45, 7) is 3.23. The maximum Gasteiger partial charge on any atom is 0.318 e. The number of amides is 1. The van der Waals surface area contributed by atoms with Gasteiger partial charge in [0.15, 0.2) is 0 Å². The monoisotopic (exact) mass is 359 g/mol. The first-order chi connectivity index (χ1) is 11.9. The fraction of sp³-hybridized carbons (Fsp3) is 0.895. The second-order valence-corrected chi connectivity index (χ2v) is 6.96. The summed E-state index contributed by atoms with van der Waals surface area (Å²) in [4.78, 5) is 25.5. The van der Waals surface area contributed by atoms with Crippen molar-refractivity contribution in [1.29, 1.82) is 0 Å². The quantitative estimate of drug-likeness (QED) is 0.291. The Kier molecular flexibility index (Phi) is 13.4. The van der Waals surface area contributed by atoms with Crippen LogP contribution in [0, 0.1) is 5.41 Å². The van der Waals surface area contributed by atoms with E-state index >= 15 is 0 Å². The van der Waals surface area contributed by atoms with Crippen LogP contribution in [-0.4, -0.2) is 58.4 Å². The molecule has 0 radical (unpaired) electrons. The summed E-state index contributed by atoms with van der Waals surface area (Å²) >= 11 is 0. The average Bonchev–Trinajstić information content (AvgIpc) is 2.59. The number of aliphatic carboxylic acids is 1. The number of unbranched alkanes of at least 4 members (excludes halogenated alkanes) is 8. The molecule has 0 heterocycles. The lowest BCUT2D eigenvalue weighted by Crippen LogP contribution is -2.48. The van der Waals surface area contributed by atoms with Crippen molar-refractivity contribution >= 4 is 11.9 Å². The molecule has 3 N–H and O–H groups in total. The number of carbonyl (C=O) groups excluding carboxylic acids is 1. The van der Waals surface area contributed by atoms with Crippen molar-refractivity contribution in [3.8, 4) is 0 Å². The van der Waals surface area contributed by atoms with Crippen LogP contribution in [0.3, 0.4) is 0 Å². The van der Waals surface area contributed by atoms with E-state index in [0.29, 0.717) is 6.42 Å². The molecule has 0 aromatic rings. The Morgan fingerprint density at radius 3 is 1.68 bits per heavy atom. The molecule has 1 amide bonds. The lowest BCUT2D eigenvalue weighted by atomic mass is 9.83. The Hall–Kier alpha value is -1.14. The van der Waals surface area contributed by atoms with E-state index < -0.39 is 17.3 Å². The molecule has 148 valence electrons. The summed E-state index contributed by atoms with van der Waals surface area (Å²) in [5.74, 6) is -1.67. The number of hydrogen-bond acceptors (Lipinski definition) is 4. The molecular weight excluding hydrogens is 322 g/mol. The first-order valence-corrected chi connectivity index (χ1v) is 9.68. The minimum Gasteiger partial charge on any atom is -0.480 e. The van der Waals surface area contributed by atoms with E-state index in [2.05, 4.69) is 6.92 Å². The topological polar surface area (TPSA) is 98.1 Å². The second-order valence-electron chi connectivity index (χ2n) is 6.96. The highest BCUT2D eigenvalue weighted by Crippen LogP contribution is 2.28. The summed E-state index contributed by atoms with van der Waals surface area (Å²) in [6, 6.07) is 0. The minimum atomic E-state index is -1.49. The Morgan fingerprint density at radius 1 is 0.840 bits per heavy atom. The van der Waals surface area contributed by atoms with Gasteiger partial charge in [0.25, 0.3) is 0 Å². The van der Waals surface area contributed by atoms with Gasteiger partial charge in [-0.3, -0.25) is 9.59 Å². The summed E-state index contributed by atoms with van der Waals surface area (Å²) in [5.41, 5.74) is -1.49. The second kappa shape index (κ2) is 14.1. The van der Waals surface area contributed by atoms with Gasteiger partial charge in [-0.15, -0.1) is 0 Å². The number of aliphatic hydroxyl groups is 2. The van der Waals surface area contributed by atoms with Crippen LogP contribution in [0.15, 0.2) is 0 Å². The van der Waals surface area contributed by atoms with Crippen LogP contribution in [0.2, 0.25) is 0 Å². The van der Waals surface area contributed by atoms with Crippen LogP contribution in [-0.2, 0) is 9.59 Å². The number of carboxylic acids is 1. The zero-order valence-corrected chi connectivity index (χ0v) is 16.0. The predicted molar refractivity (Wildman–Crippen MR) is 98.3 cm³/mol. The molecule has 0 aromatic heterocycles. The molecule has 0 rings (SSSR count). The molecule has 0 fully saturated rings. The van der Waals surface area contributed by atoms with Crippen molar-refractivity contribution in [2.24, 2.45) is 5.41 Å². The van der Waals surface area contributed by atoms with Crippen molar-refractivity contribution in [2.75, 3.05) is 26.3 Å². The summed E-state index contributed by atoms with van der Waals surface area (Å²) < 4.78 is 0. The zero-order valence-electron chi connectivity index (χ0n) is 16.0. The molecule has 0 aliphatic heterocycles. The van der Waals surface area contributed by atoms with Crippen LogP contribution in [0.25, 0.3) is 0 Å². The Morgan fingerprint density at radius 2 is 1.28 bits per heavy atom. The Labute approximate surface area is 152 Å². The Balaban J connectivity index is 4.34. The van der Waals surface area contributed by atoms with E-state index in [1.807, 2.05) is 0 Å². The van der Waals surface area contributed by atoms with Gasteiger partial charge in [0.2, 0.25) is 5.91 Å². The third-order valence-electron chi connectivity index (χ3n) is 4.75. The molecule has 1 atom stereocenters. The normalized spacial score (nSPS) is 13.4. The fourth-order valence-corrected chi connectivity index (χ4v) is 3.00. The molecule has 1 unspecified atom stereocenters. The average molecular weight is 360 g/mol. The number of nitrogens with zero attached hydrogens (tertiary/aromatic N) is 1. The lowest BCUT2D eigenvalue weighted by Gasteiger charge is -2.31. The third-order valence-corrected chi connectivity index (χ3v) is 4.75. The van der Waals surface area contributed by atoms with E-state index in [-0.39, 0.29) is 32.7 Å². The van der Waals surface area contributed by atoms with Crippen LogP contribution in [0.1, 0.15) is 78.1 Å². The van der Waals surface area contributed by atoms with Crippen molar-refractivity contribution < 1.29 is 24.9 Å². The standard InChI is InChI=1S/C19H37NO5/c1-3-4-5-6-7-8-9-10-11-12-19(2,18(24)25)17(23)20(13-15-21)14-16-22/h21-22H,3-16H2,1-2H3,(H,24,25). The van der Waals surface area contributed by atoms with E-state index in [4.69, 9.17) is 10.2 Å². The predicted octanol–water partition coefficient (Wildman–Crippen LogP) is 2.81. The number of carbonyl (C=O) groups is 2. The summed E-state index contributed by atoms with van der Waals surface area (Å²) in [7, 11) is 0. The highest BCUT2D eigenvalue weighted by Gasteiger charge is 2.43. The van der Waals surface area contributed by atoms with E-state index in [1.165, 1.54) is 43.9 Å². The molecule has 0 aliphatic rings. The highest BCUT2D eigenvalue weighted by molar-refractivity contribution is 6.01. The molecule has 0 saturated carbocycles. The number of carboxylic acid groups (broad SMARTS) is 1. The van der Waals surface area contributed by atoms with Gasteiger partial charge < -0.3 is 20.2 Å². The van der Waals surface area contributed by atoms with Crippen molar-refractivity contribution in [3.05, 3.63) is 0 Å². The minimum absolute atomic E-state index is 0.0417. The van der Waals surface area contributed by atoms with Crippen LogP contribution >= 0.6 is 0 Å². The van der Waals surface area contributed by atoms with Gasteiger partial charge >= 0.3 is 5.97 Å². The molecule has 6 nitrogen and oxygen atoms in total. The van der Waals surface area contributed by atoms with Crippen molar-refractivity contribution in [3.63, 3.8) is 0 Å². The fourth-order valence-electron chi connectivity index (χ4n) is 3.00. The first kappa shape index (κ1) is 23.9. The summed E-state index contributed by atoms with van der Waals surface area (Å²) in [5, 5.41) is 27.6. The molecule has 0 aliphatic carbocycles. The van der Waals surface area contributed by atoms with Gasteiger partial charge in [-0.05, 0) is 13.3 Å². The number of aliphatic hydroxyl groups excluding tert-OH is 2. The zero-order chi connectivity index (χ0) is 19.1. The largest absolute Gasteiger partial charge is 0.480 e. The Bertz CT molecular complexity index is 369. The van der Waals surface area contributed by atoms with E-state index in [9.17, 15) is 14.7 Å². The maximum absolute atomic E-state index is 12.6. The maximum atomic E-state index is 12.6. The number of hydrogen-bond donors (Lipinski definition) is 3. The molecule has 0 aromatic carbocycles. The lowest BCUT2D eigenvalue weighted by molar-refractivity contribution is -0.160. The van der Waals surface area contributed by atoms with Crippen molar-refractivity contribution in [2.45, 2.75) is 78.1 Å².